The van der Waals surface area contributed by atoms with Crippen LogP contribution in [0.2, 0.25) is 0 Å². The minimum absolute atomic E-state index is 0.119. The minimum atomic E-state index is -0.358. The van der Waals surface area contributed by atoms with Crippen molar-refractivity contribution in [3.63, 3.8) is 0 Å². The highest BCUT2D eigenvalue weighted by molar-refractivity contribution is 5.94. The molecule has 6 nitrogen and oxygen atoms in total. The number of carbonyl (C=O) groups excluding carboxylic acids is 2. The summed E-state index contributed by atoms with van der Waals surface area (Å²) in [6, 6.07) is 16.2. The molecule has 0 saturated heterocycles. The van der Waals surface area contributed by atoms with Crippen LogP contribution in [0.1, 0.15) is 19.8 Å². The highest BCUT2D eigenvalue weighted by atomic mass is 16.5. The van der Waals surface area contributed by atoms with Crippen molar-refractivity contribution in [3.05, 3.63) is 54.6 Å². The maximum atomic E-state index is 11.9. The van der Waals surface area contributed by atoms with Gasteiger partial charge in [0.25, 0.3) is 5.91 Å². The number of hydrogen-bond acceptors (Lipinski definition) is 4. The van der Waals surface area contributed by atoms with Crippen LogP contribution < -0.4 is 20.1 Å². The summed E-state index contributed by atoms with van der Waals surface area (Å²) in [4.78, 5) is 23.6. The first kappa shape index (κ1) is 19.3. The number of anilines is 1. The third kappa shape index (κ3) is 7.25. The quantitative estimate of drug-likeness (QED) is 0.642. The first-order chi connectivity index (χ1) is 12.7. The van der Waals surface area contributed by atoms with Gasteiger partial charge < -0.3 is 20.1 Å². The SMILES string of the molecule is CCCCOc1ccc(NC(=O)CNC(=O)COc2ccccc2)cc1. The molecule has 2 N–H and O–H groups in total. The largest absolute Gasteiger partial charge is 0.494 e. The van der Waals surface area contributed by atoms with Crippen LogP contribution in [-0.2, 0) is 9.59 Å². The van der Waals surface area contributed by atoms with Crippen molar-refractivity contribution in [2.24, 2.45) is 0 Å². The Morgan fingerprint density at radius 3 is 2.27 bits per heavy atom. The first-order valence-corrected chi connectivity index (χ1v) is 8.64. The van der Waals surface area contributed by atoms with Crippen molar-refractivity contribution in [2.75, 3.05) is 25.1 Å². The second-order valence-electron chi connectivity index (χ2n) is 5.65. The van der Waals surface area contributed by atoms with Gasteiger partial charge in [-0.15, -0.1) is 0 Å². The molecule has 0 aromatic heterocycles. The van der Waals surface area contributed by atoms with Crippen molar-refractivity contribution in [1.82, 2.24) is 5.32 Å². The Balaban J connectivity index is 1.67. The predicted molar refractivity (Wildman–Crippen MR) is 100 cm³/mol. The Bertz CT molecular complexity index is 687. The van der Waals surface area contributed by atoms with Crippen LogP contribution in [0, 0.1) is 0 Å². The summed E-state index contributed by atoms with van der Waals surface area (Å²) in [7, 11) is 0. The lowest BCUT2D eigenvalue weighted by molar-refractivity contribution is -0.125. The summed E-state index contributed by atoms with van der Waals surface area (Å²) >= 11 is 0. The Morgan fingerprint density at radius 1 is 0.885 bits per heavy atom. The van der Waals surface area contributed by atoms with E-state index in [1.165, 1.54) is 0 Å². The molecule has 0 spiro atoms. The van der Waals surface area contributed by atoms with Gasteiger partial charge >= 0.3 is 0 Å². The number of benzene rings is 2. The van der Waals surface area contributed by atoms with Crippen LogP contribution >= 0.6 is 0 Å². The summed E-state index contributed by atoms with van der Waals surface area (Å²) in [5, 5.41) is 5.23. The van der Waals surface area contributed by atoms with E-state index in [1.807, 2.05) is 18.2 Å². The molecule has 0 aliphatic heterocycles. The number of unbranched alkanes of at least 4 members (excludes halogenated alkanes) is 1. The molecule has 2 amide bonds. The fourth-order valence-electron chi connectivity index (χ4n) is 2.07. The van der Waals surface area contributed by atoms with E-state index in [2.05, 4.69) is 17.6 Å². The predicted octanol–water partition coefficient (Wildman–Crippen LogP) is 3.00. The molecule has 2 rings (SSSR count). The van der Waals surface area contributed by atoms with Crippen molar-refractivity contribution in [1.29, 1.82) is 0 Å². The third-order valence-electron chi connectivity index (χ3n) is 3.46. The van der Waals surface area contributed by atoms with Gasteiger partial charge in [-0.1, -0.05) is 31.5 Å². The summed E-state index contributed by atoms with van der Waals surface area (Å²) in [5.41, 5.74) is 0.646. The van der Waals surface area contributed by atoms with Crippen LogP contribution in [0.25, 0.3) is 0 Å². The molecule has 0 radical (unpaired) electrons. The molecular weight excluding hydrogens is 332 g/mol. The fourth-order valence-corrected chi connectivity index (χ4v) is 2.07. The number of nitrogens with one attached hydrogen (secondary N) is 2. The minimum Gasteiger partial charge on any atom is -0.494 e. The molecule has 0 aliphatic carbocycles. The molecular formula is C20H24N2O4. The molecule has 0 heterocycles. The lowest BCUT2D eigenvalue weighted by Crippen LogP contribution is -2.35. The Kier molecular flexibility index (Phi) is 7.99. The van der Waals surface area contributed by atoms with Gasteiger partial charge in [0.1, 0.15) is 11.5 Å². The maximum absolute atomic E-state index is 11.9. The topological polar surface area (TPSA) is 76.7 Å². The van der Waals surface area contributed by atoms with E-state index in [4.69, 9.17) is 9.47 Å². The zero-order valence-corrected chi connectivity index (χ0v) is 14.9. The number of para-hydroxylation sites is 1. The summed E-state index contributed by atoms with van der Waals surface area (Å²) in [5.74, 6) is 0.706. The third-order valence-corrected chi connectivity index (χ3v) is 3.46. The van der Waals surface area contributed by atoms with E-state index >= 15 is 0 Å². The molecule has 0 aliphatic rings. The van der Waals surface area contributed by atoms with Crippen LogP contribution in [0.15, 0.2) is 54.6 Å². The monoisotopic (exact) mass is 356 g/mol. The van der Waals surface area contributed by atoms with Gasteiger partial charge in [-0.05, 0) is 42.8 Å². The molecule has 0 saturated carbocycles. The second kappa shape index (κ2) is 10.8. The van der Waals surface area contributed by atoms with Crippen molar-refractivity contribution >= 4 is 17.5 Å². The highest BCUT2D eigenvalue weighted by Crippen LogP contribution is 2.16. The van der Waals surface area contributed by atoms with E-state index in [1.54, 1.807) is 36.4 Å². The van der Waals surface area contributed by atoms with E-state index in [0.29, 0.717) is 18.0 Å². The summed E-state index contributed by atoms with van der Waals surface area (Å²) in [6.45, 7) is 2.53. The lowest BCUT2D eigenvalue weighted by atomic mass is 10.3. The number of hydrogen-bond donors (Lipinski definition) is 2. The number of carbonyl (C=O) groups is 2. The number of rotatable bonds is 10. The molecule has 0 fully saturated rings. The average Bonchev–Trinajstić information content (AvgIpc) is 2.67. The van der Waals surface area contributed by atoms with Gasteiger partial charge in [0.2, 0.25) is 5.91 Å². The van der Waals surface area contributed by atoms with Gasteiger partial charge in [0.05, 0.1) is 13.2 Å². The molecule has 138 valence electrons. The van der Waals surface area contributed by atoms with Gasteiger partial charge in [-0.25, -0.2) is 0 Å². The average molecular weight is 356 g/mol. The van der Waals surface area contributed by atoms with E-state index < -0.39 is 0 Å². The maximum Gasteiger partial charge on any atom is 0.258 e. The molecule has 0 unspecified atom stereocenters. The second-order valence-corrected chi connectivity index (χ2v) is 5.65. The van der Waals surface area contributed by atoms with E-state index in [0.717, 1.165) is 18.6 Å². The number of amides is 2. The van der Waals surface area contributed by atoms with E-state index in [-0.39, 0.29) is 25.0 Å². The molecule has 6 heteroatoms. The lowest BCUT2D eigenvalue weighted by Gasteiger charge is -2.09. The molecule has 2 aromatic carbocycles. The zero-order valence-electron chi connectivity index (χ0n) is 14.9. The van der Waals surface area contributed by atoms with Crippen LogP contribution in [-0.4, -0.2) is 31.6 Å². The summed E-state index contributed by atoms with van der Waals surface area (Å²) in [6.07, 6.45) is 2.09. The molecule has 2 aromatic rings. The Morgan fingerprint density at radius 2 is 1.58 bits per heavy atom. The van der Waals surface area contributed by atoms with Crippen molar-refractivity contribution in [3.8, 4) is 11.5 Å². The first-order valence-electron chi connectivity index (χ1n) is 8.64. The van der Waals surface area contributed by atoms with Crippen molar-refractivity contribution in [2.45, 2.75) is 19.8 Å². The molecule has 0 bridgehead atoms. The van der Waals surface area contributed by atoms with Gasteiger partial charge in [-0.3, -0.25) is 9.59 Å². The van der Waals surface area contributed by atoms with E-state index in [9.17, 15) is 9.59 Å². The van der Waals surface area contributed by atoms with Crippen LogP contribution in [0.3, 0.4) is 0 Å². The fraction of sp³-hybridized carbons (Fsp3) is 0.300. The molecule has 0 atom stereocenters. The summed E-state index contributed by atoms with van der Waals surface area (Å²) < 4.78 is 10.9. The van der Waals surface area contributed by atoms with Crippen LogP contribution in [0.5, 0.6) is 11.5 Å². The Labute approximate surface area is 153 Å². The smallest absolute Gasteiger partial charge is 0.258 e. The van der Waals surface area contributed by atoms with Crippen molar-refractivity contribution < 1.29 is 19.1 Å². The Hall–Kier alpha value is -3.02. The van der Waals surface area contributed by atoms with Gasteiger partial charge in [-0.2, -0.15) is 0 Å². The van der Waals surface area contributed by atoms with Crippen LogP contribution in [0.4, 0.5) is 5.69 Å². The van der Waals surface area contributed by atoms with Gasteiger partial charge in [0, 0.05) is 5.69 Å². The normalized spacial score (nSPS) is 10.0. The zero-order chi connectivity index (χ0) is 18.6. The van der Waals surface area contributed by atoms with Gasteiger partial charge in [0.15, 0.2) is 6.61 Å². The highest BCUT2D eigenvalue weighted by Gasteiger charge is 2.07. The standard InChI is InChI=1S/C20H24N2O4/c1-2-3-13-25-18-11-9-16(10-12-18)22-19(23)14-21-20(24)15-26-17-7-5-4-6-8-17/h4-12H,2-3,13-15H2,1H3,(H,21,24)(H,22,23). The molecule has 26 heavy (non-hydrogen) atoms. The number of ether oxygens (including phenoxy) is 2.